The monoisotopic (exact) mass is 414 g/mol. The van der Waals surface area contributed by atoms with Gasteiger partial charge in [0.15, 0.2) is 5.78 Å². The van der Waals surface area contributed by atoms with Crippen molar-refractivity contribution in [2.24, 2.45) is 0 Å². The minimum atomic E-state index is -0.494. The molecule has 0 unspecified atom stereocenters. The topological polar surface area (TPSA) is 96.3 Å². The molecule has 0 radical (unpaired) electrons. The molecule has 0 saturated heterocycles. The number of rotatable bonds is 3. The van der Waals surface area contributed by atoms with E-state index in [-0.39, 0.29) is 17.4 Å². The lowest BCUT2D eigenvalue weighted by atomic mass is 9.85. The van der Waals surface area contributed by atoms with Gasteiger partial charge in [0.05, 0.1) is 6.20 Å². The van der Waals surface area contributed by atoms with Crippen LogP contribution in [0.15, 0.2) is 66.0 Å². The fraction of sp³-hybridized carbons (Fsp3) is 0.208. The summed E-state index contributed by atoms with van der Waals surface area (Å²) < 4.78 is 1.67. The zero-order valence-corrected chi connectivity index (χ0v) is 17.1. The smallest absolute Gasteiger partial charge is 0.261 e. The summed E-state index contributed by atoms with van der Waals surface area (Å²) in [5.41, 5.74) is 4.32. The maximum Gasteiger partial charge on any atom is 0.261 e. The van der Waals surface area contributed by atoms with E-state index in [0.717, 1.165) is 35.4 Å². The van der Waals surface area contributed by atoms with Gasteiger partial charge in [-0.25, -0.2) is 4.68 Å². The molecule has 2 heterocycles. The number of carbonyl (C=O) groups is 2. The zero-order valence-electron chi connectivity index (χ0n) is 17.1. The summed E-state index contributed by atoms with van der Waals surface area (Å²) in [7, 11) is 0. The minimum Gasteiger partial charge on any atom is -0.508 e. The number of phenols is 1. The lowest BCUT2D eigenvalue weighted by molar-refractivity contribution is -0.116. The summed E-state index contributed by atoms with van der Waals surface area (Å²) in [6, 6.07) is 13.9. The Kier molecular flexibility index (Phi) is 4.58. The number of nitrogens with one attached hydrogen (secondary N) is 2. The number of amides is 1. The molecule has 0 fully saturated rings. The Hall–Kier alpha value is -3.87. The molecule has 3 aromatic rings. The molecule has 0 spiro atoms. The number of allylic oxidation sites excluding steroid dienone is 2. The number of hydrogen-bond donors (Lipinski definition) is 3. The number of ketones is 1. The van der Waals surface area contributed by atoms with Crippen LogP contribution in [-0.2, 0) is 4.79 Å². The first kappa shape index (κ1) is 19.1. The van der Waals surface area contributed by atoms with E-state index in [4.69, 9.17) is 0 Å². The molecule has 0 bridgehead atoms. The fourth-order valence-corrected chi connectivity index (χ4v) is 4.33. The van der Waals surface area contributed by atoms with Crippen LogP contribution in [0.4, 0.5) is 11.5 Å². The van der Waals surface area contributed by atoms with Crippen molar-refractivity contribution < 1.29 is 14.7 Å². The van der Waals surface area contributed by atoms with Crippen LogP contribution in [-0.4, -0.2) is 26.6 Å². The predicted molar refractivity (Wildman–Crippen MR) is 117 cm³/mol. The van der Waals surface area contributed by atoms with E-state index in [2.05, 4.69) is 15.7 Å². The molecule has 0 saturated carbocycles. The largest absolute Gasteiger partial charge is 0.508 e. The molecule has 2 aromatic carbocycles. The Morgan fingerprint density at radius 2 is 2.03 bits per heavy atom. The number of phenolic OH excluding ortho intramolecular Hbond substituents is 1. The molecular formula is C24H22N4O3. The lowest BCUT2D eigenvalue weighted by Crippen LogP contribution is -2.32. The normalized spacial score (nSPS) is 17.6. The number of benzene rings is 2. The average Bonchev–Trinajstić information content (AvgIpc) is 3.18. The molecule has 3 N–H and O–H groups in total. The van der Waals surface area contributed by atoms with Crippen molar-refractivity contribution in [2.75, 3.05) is 10.6 Å². The quantitative estimate of drug-likeness (QED) is 0.598. The Bertz CT molecular complexity index is 1240. The first-order chi connectivity index (χ1) is 15.0. The van der Waals surface area contributed by atoms with E-state index in [9.17, 15) is 14.7 Å². The van der Waals surface area contributed by atoms with Crippen LogP contribution in [0.3, 0.4) is 0 Å². The molecule has 1 atom stereocenters. The molecule has 7 heteroatoms. The molecule has 7 nitrogen and oxygen atoms in total. The molecule has 2 aliphatic rings. The summed E-state index contributed by atoms with van der Waals surface area (Å²) in [5.74, 6) is 0.457. The molecule has 1 amide bonds. The summed E-state index contributed by atoms with van der Waals surface area (Å²) in [6.07, 6.45) is 3.48. The van der Waals surface area contributed by atoms with Crippen molar-refractivity contribution in [2.45, 2.75) is 32.2 Å². The van der Waals surface area contributed by atoms with Crippen molar-refractivity contribution in [3.05, 3.63) is 82.7 Å². The molecule has 1 aliphatic carbocycles. The van der Waals surface area contributed by atoms with E-state index in [1.54, 1.807) is 22.9 Å². The number of carbonyl (C=O) groups excluding carboxylic acids is 2. The maximum absolute atomic E-state index is 13.1. The minimum absolute atomic E-state index is 0.0640. The van der Waals surface area contributed by atoms with E-state index in [0.29, 0.717) is 23.4 Å². The van der Waals surface area contributed by atoms with Crippen LogP contribution in [0.2, 0.25) is 0 Å². The molecule has 5 rings (SSSR count). The third-order valence-electron chi connectivity index (χ3n) is 5.86. The molecular weight excluding hydrogens is 392 g/mol. The highest BCUT2D eigenvalue weighted by molar-refractivity contribution is 6.08. The third-order valence-corrected chi connectivity index (χ3v) is 5.86. The molecule has 1 aliphatic heterocycles. The van der Waals surface area contributed by atoms with Crippen LogP contribution in [0.5, 0.6) is 5.75 Å². The Balaban J connectivity index is 1.59. The standard InChI is InChI=1S/C24H22N4O3/c1-14-6-2-3-9-18(14)27-24(31)17-13-25-28-22(15-7-4-8-16(29)12-15)21-19(26-23(17)28)10-5-11-20(21)30/h2-4,6-9,12-13,22,26,29H,5,10-11H2,1H3,(H,27,31)/t22-/m1/s1. The summed E-state index contributed by atoms with van der Waals surface area (Å²) >= 11 is 0. The Labute approximate surface area is 179 Å². The highest BCUT2D eigenvalue weighted by Crippen LogP contribution is 2.42. The van der Waals surface area contributed by atoms with Gasteiger partial charge in [0.25, 0.3) is 5.91 Å². The molecule has 1 aromatic heterocycles. The summed E-state index contributed by atoms with van der Waals surface area (Å²) in [6.45, 7) is 1.93. The summed E-state index contributed by atoms with van der Waals surface area (Å²) in [5, 5.41) is 20.8. The second-order valence-electron chi connectivity index (χ2n) is 7.91. The van der Waals surface area contributed by atoms with Crippen molar-refractivity contribution in [1.29, 1.82) is 0 Å². The van der Waals surface area contributed by atoms with Crippen LogP contribution in [0.25, 0.3) is 0 Å². The first-order valence-corrected chi connectivity index (χ1v) is 10.3. The Morgan fingerprint density at radius 1 is 1.19 bits per heavy atom. The molecule has 156 valence electrons. The number of aryl methyl sites for hydroxylation is 1. The highest BCUT2D eigenvalue weighted by atomic mass is 16.3. The second-order valence-corrected chi connectivity index (χ2v) is 7.91. The van der Waals surface area contributed by atoms with Gasteiger partial charge in [0.2, 0.25) is 0 Å². The van der Waals surface area contributed by atoms with E-state index >= 15 is 0 Å². The fourth-order valence-electron chi connectivity index (χ4n) is 4.33. The number of para-hydroxylation sites is 1. The summed E-state index contributed by atoms with van der Waals surface area (Å²) in [4.78, 5) is 25.9. The van der Waals surface area contributed by atoms with Crippen molar-refractivity contribution in [3.8, 4) is 5.75 Å². The van der Waals surface area contributed by atoms with E-state index in [1.807, 2.05) is 37.3 Å². The van der Waals surface area contributed by atoms with E-state index < -0.39 is 6.04 Å². The van der Waals surface area contributed by atoms with Crippen LogP contribution < -0.4 is 10.6 Å². The number of nitrogens with zero attached hydrogens (tertiary/aromatic N) is 2. The zero-order chi connectivity index (χ0) is 21.5. The third kappa shape index (κ3) is 3.28. The van der Waals surface area contributed by atoms with Crippen molar-refractivity contribution >= 4 is 23.2 Å². The number of anilines is 2. The number of fused-ring (bicyclic) bond motifs is 1. The highest BCUT2D eigenvalue weighted by Gasteiger charge is 2.37. The first-order valence-electron chi connectivity index (χ1n) is 10.3. The van der Waals surface area contributed by atoms with Crippen LogP contribution >= 0.6 is 0 Å². The second kappa shape index (κ2) is 7.43. The lowest BCUT2D eigenvalue weighted by Gasteiger charge is -2.33. The van der Waals surface area contributed by atoms with Gasteiger partial charge in [-0.2, -0.15) is 5.10 Å². The van der Waals surface area contributed by atoms with Crippen LogP contribution in [0.1, 0.15) is 46.8 Å². The number of Topliss-reactive ketones (excluding diaryl/α,β-unsaturated/α-hetero) is 1. The van der Waals surface area contributed by atoms with Crippen molar-refractivity contribution in [3.63, 3.8) is 0 Å². The molecule has 31 heavy (non-hydrogen) atoms. The van der Waals surface area contributed by atoms with Gasteiger partial charge in [-0.15, -0.1) is 0 Å². The van der Waals surface area contributed by atoms with Crippen molar-refractivity contribution in [1.82, 2.24) is 9.78 Å². The average molecular weight is 414 g/mol. The van der Waals surface area contributed by atoms with Gasteiger partial charge in [-0.05, 0) is 49.1 Å². The van der Waals surface area contributed by atoms with Gasteiger partial charge in [0.1, 0.15) is 23.2 Å². The maximum atomic E-state index is 13.1. The van der Waals surface area contributed by atoms with Gasteiger partial charge in [-0.1, -0.05) is 30.3 Å². The van der Waals surface area contributed by atoms with Gasteiger partial charge < -0.3 is 15.7 Å². The SMILES string of the molecule is Cc1ccccc1NC(=O)c1cnn2c1NC1=C(C(=O)CCC1)[C@H]2c1cccc(O)c1. The van der Waals surface area contributed by atoms with Gasteiger partial charge >= 0.3 is 0 Å². The van der Waals surface area contributed by atoms with Crippen LogP contribution in [0, 0.1) is 6.92 Å². The predicted octanol–water partition coefficient (Wildman–Crippen LogP) is 4.17. The van der Waals surface area contributed by atoms with Gasteiger partial charge in [-0.3, -0.25) is 9.59 Å². The Morgan fingerprint density at radius 3 is 2.84 bits per heavy atom. The number of aromatic nitrogens is 2. The number of hydrogen-bond acceptors (Lipinski definition) is 5. The van der Waals surface area contributed by atoms with E-state index in [1.165, 1.54) is 6.20 Å². The number of aromatic hydroxyl groups is 1. The van der Waals surface area contributed by atoms with Gasteiger partial charge in [0, 0.05) is 23.4 Å².